The number of thioether (sulfide) groups is 2. The first kappa shape index (κ1) is 14.1. The van der Waals surface area contributed by atoms with E-state index < -0.39 is 11.9 Å². The quantitative estimate of drug-likeness (QED) is 0.575. The molecule has 2 heterocycles. The molecule has 2 aliphatic heterocycles. The predicted molar refractivity (Wildman–Crippen MR) is 72.4 cm³/mol. The molecule has 2 aliphatic rings. The van der Waals surface area contributed by atoms with Gasteiger partial charge in [0, 0.05) is 0 Å². The average Bonchev–Trinajstić information content (AvgIpc) is 2.41. The number of hydrogen-bond donors (Lipinski definition) is 0. The molecule has 2 rings (SSSR count). The standard InChI is InChI=1S/C12H18O4S2/c13-11(15-9-5-1-3-7-17-9)12(14)16-10-6-2-4-8-18-10/h9-10H,1-8H2. The van der Waals surface area contributed by atoms with Gasteiger partial charge in [-0.25, -0.2) is 9.59 Å². The second-order valence-corrected chi connectivity index (χ2v) is 6.94. The molecule has 6 heteroatoms. The van der Waals surface area contributed by atoms with Gasteiger partial charge in [0.2, 0.25) is 0 Å². The van der Waals surface area contributed by atoms with Crippen LogP contribution in [0.1, 0.15) is 38.5 Å². The highest BCUT2D eigenvalue weighted by Crippen LogP contribution is 2.27. The topological polar surface area (TPSA) is 52.6 Å². The molecule has 0 spiro atoms. The Balaban J connectivity index is 1.71. The second-order valence-electron chi connectivity index (χ2n) is 4.40. The molecule has 4 nitrogen and oxygen atoms in total. The van der Waals surface area contributed by atoms with Crippen LogP contribution in [0.3, 0.4) is 0 Å². The van der Waals surface area contributed by atoms with E-state index in [2.05, 4.69) is 0 Å². The van der Waals surface area contributed by atoms with Crippen LogP contribution in [0.5, 0.6) is 0 Å². The summed E-state index contributed by atoms with van der Waals surface area (Å²) in [6.45, 7) is 0. The van der Waals surface area contributed by atoms with E-state index in [4.69, 9.17) is 9.47 Å². The molecule has 2 unspecified atom stereocenters. The Hall–Kier alpha value is -0.360. The zero-order valence-electron chi connectivity index (χ0n) is 10.3. The van der Waals surface area contributed by atoms with Crippen molar-refractivity contribution >= 4 is 35.5 Å². The van der Waals surface area contributed by atoms with Crippen LogP contribution in [0.25, 0.3) is 0 Å². The molecule has 0 N–H and O–H groups in total. The molecule has 0 radical (unpaired) electrons. The van der Waals surface area contributed by atoms with E-state index in [1.807, 2.05) is 0 Å². The van der Waals surface area contributed by atoms with Gasteiger partial charge in [-0.1, -0.05) is 0 Å². The lowest BCUT2D eigenvalue weighted by atomic mass is 10.2. The number of carbonyl (C=O) groups is 2. The van der Waals surface area contributed by atoms with Crippen LogP contribution in [0.2, 0.25) is 0 Å². The fourth-order valence-corrected chi connectivity index (χ4v) is 4.19. The monoisotopic (exact) mass is 290 g/mol. The first-order valence-electron chi connectivity index (χ1n) is 6.40. The third kappa shape index (κ3) is 4.39. The van der Waals surface area contributed by atoms with Crippen molar-refractivity contribution < 1.29 is 19.1 Å². The van der Waals surface area contributed by atoms with Crippen molar-refractivity contribution in [2.75, 3.05) is 11.5 Å². The van der Waals surface area contributed by atoms with Crippen LogP contribution in [-0.2, 0) is 19.1 Å². The van der Waals surface area contributed by atoms with Gasteiger partial charge >= 0.3 is 11.9 Å². The summed E-state index contributed by atoms with van der Waals surface area (Å²) in [4.78, 5) is 23.1. The molecular weight excluding hydrogens is 272 g/mol. The van der Waals surface area contributed by atoms with E-state index in [0.29, 0.717) is 0 Å². The first-order valence-corrected chi connectivity index (χ1v) is 8.50. The van der Waals surface area contributed by atoms with Gasteiger partial charge in [0.15, 0.2) is 0 Å². The van der Waals surface area contributed by atoms with E-state index in [-0.39, 0.29) is 10.9 Å². The SMILES string of the molecule is O=C(OC1CCCCS1)C(=O)OC1CCCCS1. The number of esters is 2. The van der Waals surface area contributed by atoms with Crippen molar-refractivity contribution in [2.24, 2.45) is 0 Å². The summed E-state index contributed by atoms with van der Waals surface area (Å²) in [6.07, 6.45) is 6.09. The number of ether oxygens (including phenoxy) is 2. The minimum Gasteiger partial charge on any atom is -0.443 e. The number of hydrogen-bond acceptors (Lipinski definition) is 6. The van der Waals surface area contributed by atoms with Crippen LogP contribution in [0.15, 0.2) is 0 Å². The summed E-state index contributed by atoms with van der Waals surface area (Å²) in [5.41, 5.74) is -0.337. The molecule has 0 amide bonds. The van der Waals surface area contributed by atoms with Crippen LogP contribution in [0.4, 0.5) is 0 Å². The molecule has 18 heavy (non-hydrogen) atoms. The molecule has 0 bridgehead atoms. The Labute approximate surface area is 116 Å². The minimum atomic E-state index is -0.833. The highest BCUT2D eigenvalue weighted by Gasteiger charge is 2.27. The zero-order chi connectivity index (χ0) is 12.8. The van der Waals surface area contributed by atoms with Crippen LogP contribution in [0, 0.1) is 0 Å². The molecule has 2 saturated heterocycles. The summed E-state index contributed by atoms with van der Waals surface area (Å²) >= 11 is 3.20. The van der Waals surface area contributed by atoms with Crippen molar-refractivity contribution in [3.8, 4) is 0 Å². The van der Waals surface area contributed by atoms with Crippen molar-refractivity contribution in [3.05, 3.63) is 0 Å². The van der Waals surface area contributed by atoms with Gasteiger partial charge in [-0.2, -0.15) is 0 Å². The summed E-state index contributed by atoms with van der Waals surface area (Å²) in [5, 5.41) is 0. The maximum absolute atomic E-state index is 11.6. The van der Waals surface area contributed by atoms with E-state index in [1.54, 1.807) is 23.5 Å². The molecule has 0 aliphatic carbocycles. The smallest absolute Gasteiger partial charge is 0.418 e. The van der Waals surface area contributed by atoms with E-state index in [9.17, 15) is 9.59 Å². The van der Waals surface area contributed by atoms with Gasteiger partial charge in [0.1, 0.15) is 10.9 Å². The van der Waals surface area contributed by atoms with Gasteiger partial charge in [-0.3, -0.25) is 0 Å². The second kappa shape index (κ2) is 7.28. The molecule has 102 valence electrons. The maximum Gasteiger partial charge on any atom is 0.418 e. The van der Waals surface area contributed by atoms with Crippen molar-refractivity contribution in [3.63, 3.8) is 0 Å². The largest absolute Gasteiger partial charge is 0.443 e. The Morgan fingerprint density at radius 2 is 1.22 bits per heavy atom. The normalized spacial score (nSPS) is 28.4. The third-order valence-corrected chi connectivity index (χ3v) is 5.38. The summed E-state index contributed by atoms with van der Waals surface area (Å²) in [5.74, 6) is 0.317. The number of carbonyl (C=O) groups excluding carboxylic acids is 2. The average molecular weight is 290 g/mol. The van der Waals surface area contributed by atoms with Crippen molar-refractivity contribution in [2.45, 2.75) is 49.4 Å². The van der Waals surface area contributed by atoms with Gasteiger partial charge in [-0.05, 0) is 50.0 Å². The Morgan fingerprint density at radius 1 is 0.778 bits per heavy atom. The van der Waals surface area contributed by atoms with Gasteiger partial charge < -0.3 is 9.47 Å². The lowest BCUT2D eigenvalue weighted by molar-refractivity contribution is -0.169. The summed E-state index contributed by atoms with van der Waals surface area (Å²) < 4.78 is 10.3. The summed E-state index contributed by atoms with van der Waals surface area (Å²) in [6, 6.07) is 0. The fraction of sp³-hybridized carbons (Fsp3) is 0.833. The molecule has 0 aromatic carbocycles. The van der Waals surface area contributed by atoms with Crippen LogP contribution < -0.4 is 0 Å². The van der Waals surface area contributed by atoms with E-state index >= 15 is 0 Å². The Kier molecular flexibility index (Phi) is 5.69. The predicted octanol–water partition coefficient (Wildman–Crippen LogP) is 2.56. The highest BCUT2D eigenvalue weighted by molar-refractivity contribution is 8.00. The molecule has 2 atom stereocenters. The number of rotatable bonds is 2. The zero-order valence-corrected chi connectivity index (χ0v) is 11.9. The van der Waals surface area contributed by atoms with E-state index in [1.165, 1.54) is 0 Å². The first-order chi connectivity index (χ1) is 8.75. The van der Waals surface area contributed by atoms with Gasteiger partial charge in [-0.15, -0.1) is 23.5 Å². The summed E-state index contributed by atoms with van der Waals surface area (Å²) in [7, 11) is 0. The van der Waals surface area contributed by atoms with Crippen molar-refractivity contribution in [1.82, 2.24) is 0 Å². The molecule has 0 aromatic rings. The lowest BCUT2D eigenvalue weighted by Gasteiger charge is -2.23. The molecule has 0 saturated carbocycles. The fourth-order valence-electron chi connectivity index (χ4n) is 1.94. The third-order valence-electron chi connectivity index (χ3n) is 2.92. The van der Waals surface area contributed by atoms with Crippen LogP contribution >= 0.6 is 23.5 Å². The van der Waals surface area contributed by atoms with Crippen LogP contribution in [-0.4, -0.2) is 34.3 Å². The van der Waals surface area contributed by atoms with Gasteiger partial charge in [0.25, 0.3) is 0 Å². The van der Waals surface area contributed by atoms with E-state index in [0.717, 1.165) is 50.0 Å². The highest BCUT2D eigenvalue weighted by atomic mass is 32.2. The Bertz CT molecular complexity index is 266. The molecular formula is C12H18O4S2. The molecule has 0 aromatic heterocycles. The minimum absolute atomic E-state index is 0.169. The van der Waals surface area contributed by atoms with Crippen molar-refractivity contribution in [1.29, 1.82) is 0 Å². The molecule has 2 fully saturated rings. The van der Waals surface area contributed by atoms with Gasteiger partial charge in [0.05, 0.1) is 0 Å². The Morgan fingerprint density at radius 3 is 1.56 bits per heavy atom. The maximum atomic E-state index is 11.6. The lowest BCUT2D eigenvalue weighted by Crippen LogP contribution is -2.29.